The third-order valence-corrected chi connectivity index (χ3v) is 2.63. The largest absolute Gasteiger partial charge is 0.478 e. The fourth-order valence-corrected chi connectivity index (χ4v) is 1.75. The molecule has 0 unspecified atom stereocenters. The summed E-state index contributed by atoms with van der Waals surface area (Å²) in [7, 11) is -4.78. The standard InChI is InChI=1S/C8H6O7S.Zn/c9-7(10)4-1-2-5(8(11)12)6(3-4)16(13,14)15;/h1-3H,(H,9,10)(H,11,12)(H,13,14,15);. The van der Waals surface area contributed by atoms with Crippen molar-refractivity contribution >= 4 is 22.1 Å². The zero-order valence-electron chi connectivity index (χ0n) is 8.32. The van der Waals surface area contributed by atoms with Crippen LogP contribution in [0.25, 0.3) is 0 Å². The zero-order chi connectivity index (χ0) is 12.5. The van der Waals surface area contributed by atoms with Gasteiger partial charge in [0.05, 0.1) is 11.1 Å². The van der Waals surface area contributed by atoms with Gasteiger partial charge in [0, 0.05) is 19.5 Å². The molecule has 0 bridgehead atoms. The summed E-state index contributed by atoms with van der Waals surface area (Å²) < 4.78 is 30.4. The predicted octanol–water partition coefficient (Wildman–Crippen LogP) is 0.327. The van der Waals surface area contributed by atoms with Crippen LogP contribution >= 0.6 is 0 Å². The average molecular weight is 312 g/mol. The SMILES string of the molecule is O=C(O)c1ccc(C(=O)O)c(S(=O)(=O)O)c1.[Zn]. The molecule has 0 aliphatic heterocycles. The topological polar surface area (TPSA) is 129 Å². The number of carboxylic acids is 2. The minimum absolute atomic E-state index is 0. The predicted molar refractivity (Wildman–Crippen MR) is 50.2 cm³/mol. The minimum Gasteiger partial charge on any atom is -0.478 e. The Labute approximate surface area is 109 Å². The van der Waals surface area contributed by atoms with Gasteiger partial charge in [0.2, 0.25) is 0 Å². The van der Waals surface area contributed by atoms with Gasteiger partial charge in [-0.2, -0.15) is 8.42 Å². The van der Waals surface area contributed by atoms with Gasteiger partial charge in [0.25, 0.3) is 10.1 Å². The van der Waals surface area contributed by atoms with E-state index < -0.39 is 38.1 Å². The van der Waals surface area contributed by atoms with E-state index in [1.807, 2.05) is 0 Å². The van der Waals surface area contributed by atoms with Crippen molar-refractivity contribution in [3.05, 3.63) is 29.3 Å². The van der Waals surface area contributed by atoms with Gasteiger partial charge in [-0.25, -0.2) is 9.59 Å². The van der Waals surface area contributed by atoms with E-state index in [0.717, 1.165) is 12.1 Å². The van der Waals surface area contributed by atoms with Gasteiger partial charge >= 0.3 is 11.9 Å². The van der Waals surface area contributed by atoms with Crippen LogP contribution < -0.4 is 0 Å². The Kier molecular flexibility index (Phi) is 4.94. The number of hydrogen-bond donors (Lipinski definition) is 3. The quantitative estimate of drug-likeness (QED) is 0.541. The molecule has 1 rings (SSSR count). The molecule has 88 valence electrons. The molecule has 9 heteroatoms. The first-order chi connectivity index (χ1) is 7.23. The summed E-state index contributed by atoms with van der Waals surface area (Å²) in [6.45, 7) is 0. The Hall–Kier alpha value is -1.31. The smallest absolute Gasteiger partial charge is 0.337 e. The first kappa shape index (κ1) is 15.7. The Balaban J connectivity index is 0.00000256. The van der Waals surface area contributed by atoms with Gasteiger partial charge in [0.15, 0.2) is 0 Å². The van der Waals surface area contributed by atoms with Crippen LogP contribution in [0.5, 0.6) is 0 Å². The molecule has 0 aromatic heterocycles. The van der Waals surface area contributed by atoms with Crippen molar-refractivity contribution in [2.24, 2.45) is 0 Å². The number of rotatable bonds is 3. The number of carboxylic acid groups (broad SMARTS) is 2. The third kappa shape index (κ3) is 3.59. The summed E-state index contributed by atoms with van der Waals surface area (Å²) >= 11 is 0. The summed E-state index contributed by atoms with van der Waals surface area (Å²) in [5, 5.41) is 17.2. The van der Waals surface area contributed by atoms with Gasteiger partial charge in [-0.15, -0.1) is 0 Å². The van der Waals surface area contributed by atoms with Crippen LogP contribution in [0.3, 0.4) is 0 Å². The molecule has 7 nitrogen and oxygen atoms in total. The van der Waals surface area contributed by atoms with Gasteiger partial charge in [-0.1, -0.05) is 0 Å². The first-order valence-corrected chi connectivity index (χ1v) is 5.25. The molecule has 0 heterocycles. The van der Waals surface area contributed by atoms with Gasteiger partial charge < -0.3 is 10.2 Å². The second-order valence-corrected chi connectivity index (χ2v) is 4.19. The summed E-state index contributed by atoms with van der Waals surface area (Å²) in [6.07, 6.45) is 0. The summed E-state index contributed by atoms with van der Waals surface area (Å²) in [5.41, 5.74) is -1.12. The van der Waals surface area contributed by atoms with Crippen molar-refractivity contribution in [3.8, 4) is 0 Å². The molecule has 0 saturated carbocycles. The molecule has 1 aromatic carbocycles. The summed E-state index contributed by atoms with van der Waals surface area (Å²) in [5.74, 6) is -3.01. The van der Waals surface area contributed by atoms with E-state index in [2.05, 4.69) is 0 Å². The van der Waals surface area contributed by atoms with E-state index in [9.17, 15) is 18.0 Å². The molecule has 0 radical (unpaired) electrons. The van der Waals surface area contributed by atoms with Gasteiger partial charge in [-0.05, 0) is 18.2 Å². The van der Waals surface area contributed by atoms with Crippen molar-refractivity contribution in [3.63, 3.8) is 0 Å². The fourth-order valence-electron chi connectivity index (χ4n) is 1.05. The monoisotopic (exact) mass is 310 g/mol. The molecule has 0 atom stereocenters. The molecule has 17 heavy (non-hydrogen) atoms. The third-order valence-electron chi connectivity index (χ3n) is 1.74. The van der Waals surface area contributed by atoms with Crippen LogP contribution in [0.2, 0.25) is 0 Å². The molecular formula is C8H6O7SZn. The maximum absolute atomic E-state index is 10.8. The number of aromatic carboxylic acids is 2. The molecule has 0 amide bonds. The minimum atomic E-state index is -4.78. The van der Waals surface area contributed by atoms with E-state index in [-0.39, 0.29) is 19.5 Å². The second-order valence-electron chi connectivity index (χ2n) is 2.80. The van der Waals surface area contributed by atoms with E-state index >= 15 is 0 Å². The molecule has 0 aliphatic carbocycles. The van der Waals surface area contributed by atoms with E-state index in [4.69, 9.17) is 14.8 Å². The van der Waals surface area contributed by atoms with Gasteiger partial charge in [0.1, 0.15) is 4.90 Å². The average Bonchev–Trinajstić information content (AvgIpc) is 2.15. The van der Waals surface area contributed by atoms with Crippen molar-refractivity contribution in [2.75, 3.05) is 0 Å². The van der Waals surface area contributed by atoms with Crippen LogP contribution in [-0.2, 0) is 29.6 Å². The molecule has 1 aromatic rings. The Morgan fingerprint density at radius 1 is 1.06 bits per heavy atom. The normalized spacial score (nSPS) is 10.4. The maximum atomic E-state index is 10.8. The molecule has 0 saturated heterocycles. The Morgan fingerprint density at radius 3 is 1.94 bits per heavy atom. The van der Waals surface area contributed by atoms with Crippen LogP contribution in [0.4, 0.5) is 0 Å². The summed E-state index contributed by atoms with van der Waals surface area (Å²) in [4.78, 5) is 20.2. The van der Waals surface area contributed by atoms with Crippen LogP contribution in [0, 0.1) is 0 Å². The number of benzene rings is 1. The van der Waals surface area contributed by atoms with Crippen molar-refractivity contribution < 1.29 is 52.3 Å². The molecule has 0 spiro atoms. The van der Waals surface area contributed by atoms with Crippen molar-refractivity contribution in [2.45, 2.75) is 4.90 Å². The number of carbonyl (C=O) groups is 2. The van der Waals surface area contributed by atoms with E-state index in [1.165, 1.54) is 0 Å². The van der Waals surface area contributed by atoms with E-state index in [0.29, 0.717) is 6.07 Å². The van der Waals surface area contributed by atoms with E-state index in [1.54, 1.807) is 0 Å². The fraction of sp³-hybridized carbons (Fsp3) is 0. The van der Waals surface area contributed by atoms with Gasteiger partial charge in [-0.3, -0.25) is 4.55 Å². The Morgan fingerprint density at radius 2 is 1.59 bits per heavy atom. The zero-order valence-corrected chi connectivity index (χ0v) is 12.1. The molecule has 3 N–H and O–H groups in total. The molecular weight excluding hydrogens is 306 g/mol. The molecule has 0 aliphatic rings. The first-order valence-electron chi connectivity index (χ1n) is 3.81. The Bertz CT molecular complexity index is 563. The second kappa shape index (κ2) is 5.35. The van der Waals surface area contributed by atoms with Crippen LogP contribution in [-0.4, -0.2) is 35.1 Å². The van der Waals surface area contributed by atoms with Crippen LogP contribution in [0.15, 0.2) is 23.1 Å². The maximum Gasteiger partial charge on any atom is 0.337 e. The van der Waals surface area contributed by atoms with Crippen molar-refractivity contribution in [1.29, 1.82) is 0 Å². The van der Waals surface area contributed by atoms with Crippen molar-refractivity contribution in [1.82, 2.24) is 0 Å². The molecule has 0 fully saturated rings. The number of hydrogen-bond acceptors (Lipinski definition) is 4. The summed E-state index contributed by atoms with van der Waals surface area (Å²) in [6, 6.07) is 2.32. The van der Waals surface area contributed by atoms with Crippen LogP contribution in [0.1, 0.15) is 20.7 Å².